The van der Waals surface area contributed by atoms with Crippen LogP contribution in [-0.4, -0.2) is 50.0 Å². The van der Waals surface area contributed by atoms with Gasteiger partial charge in [-0.2, -0.15) is 0 Å². The molecule has 0 aliphatic carbocycles. The van der Waals surface area contributed by atoms with Crippen LogP contribution in [0.5, 0.6) is 0 Å². The Morgan fingerprint density at radius 1 is 1.24 bits per heavy atom. The molecular weight excluding hydrogens is 410 g/mol. The van der Waals surface area contributed by atoms with Crippen molar-refractivity contribution in [1.82, 2.24) is 9.29 Å². The summed E-state index contributed by atoms with van der Waals surface area (Å²) in [4.78, 5) is 19.2. The van der Waals surface area contributed by atoms with Gasteiger partial charge in [0.2, 0.25) is 15.9 Å². The van der Waals surface area contributed by atoms with Crippen LogP contribution in [0.4, 0.5) is 5.69 Å². The van der Waals surface area contributed by atoms with Gasteiger partial charge in [0, 0.05) is 26.3 Å². The number of carbonyl (C=O) groups is 1. The summed E-state index contributed by atoms with van der Waals surface area (Å²) in [6, 6.07) is 12.4. The number of hydrogen-bond donors (Lipinski definition) is 0. The third-order valence-electron chi connectivity index (χ3n) is 4.84. The van der Waals surface area contributed by atoms with Crippen molar-refractivity contribution in [1.29, 1.82) is 0 Å². The predicted molar refractivity (Wildman–Crippen MR) is 113 cm³/mol. The fourth-order valence-electron chi connectivity index (χ4n) is 3.32. The molecule has 1 aliphatic rings. The van der Waals surface area contributed by atoms with E-state index in [1.807, 2.05) is 24.3 Å². The first-order valence-electron chi connectivity index (χ1n) is 9.20. The number of para-hydroxylation sites is 2. The summed E-state index contributed by atoms with van der Waals surface area (Å²) in [6.07, 6.45) is 1.53. The molecule has 152 valence electrons. The van der Waals surface area contributed by atoms with E-state index in [4.69, 9.17) is 4.42 Å². The quantitative estimate of drug-likeness (QED) is 0.577. The lowest BCUT2D eigenvalue weighted by atomic mass is 10.0. The number of oxazole rings is 1. The van der Waals surface area contributed by atoms with Gasteiger partial charge in [0.15, 0.2) is 5.58 Å². The maximum atomic E-state index is 12.8. The van der Waals surface area contributed by atoms with E-state index in [-0.39, 0.29) is 16.6 Å². The molecule has 0 unspecified atom stereocenters. The number of sulfonamides is 1. The SMILES string of the molecule is CN(C)S(=O)(=O)c1ccc2c(c1)CCCN2C(=O)CSc1nc2ccccc2o1. The fraction of sp³-hybridized carbons (Fsp3) is 0.300. The topological polar surface area (TPSA) is 83.7 Å². The molecule has 1 aromatic heterocycles. The lowest BCUT2D eigenvalue weighted by Gasteiger charge is -2.30. The van der Waals surface area contributed by atoms with Gasteiger partial charge in [-0.3, -0.25) is 4.79 Å². The number of anilines is 1. The molecule has 9 heteroatoms. The van der Waals surface area contributed by atoms with E-state index in [1.165, 1.54) is 30.2 Å². The zero-order chi connectivity index (χ0) is 20.6. The molecule has 7 nitrogen and oxygen atoms in total. The van der Waals surface area contributed by atoms with Crippen LogP contribution in [0, 0.1) is 0 Å². The van der Waals surface area contributed by atoms with Crippen molar-refractivity contribution in [3.8, 4) is 0 Å². The number of aryl methyl sites for hydroxylation is 1. The van der Waals surface area contributed by atoms with Crippen molar-refractivity contribution < 1.29 is 17.6 Å². The second kappa shape index (κ2) is 7.81. The molecule has 1 aliphatic heterocycles. The van der Waals surface area contributed by atoms with Crippen molar-refractivity contribution >= 4 is 44.5 Å². The molecule has 0 spiro atoms. The molecule has 0 saturated heterocycles. The number of nitrogens with zero attached hydrogens (tertiary/aromatic N) is 3. The van der Waals surface area contributed by atoms with Crippen LogP contribution in [0.25, 0.3) is 11.1 Å². The summed E-state index contributed by atoms with van der Waals surface area (Å²) in [5.41, 5.74) is 3.11. The van der Waals surface area contributed by atoms with E-state index in [0.717, 1.165) is 29.6 Å². The van der Waals surface area contributed by atoms with Crippen LogP contribution in [0.15, 0.2) is 57.0 Å². The number of amides is 1. The number of hydrogen-bond acceptors (Lipinski definition) is 6. The van der Waals surface area contributed by atoms with E-state index < -0.39 is 10.0 Å². The van der Waals surface area contributed by atoms with Crippen molar-refractivity contribution in [2.75, 3.05) is 31.3 Å². The molecule has 0 atom stereocenters. The Hall–Kier alpha value is -2.36. The first kappa shape index (κ1) is 19.9. The summed E-state index contributed by atoms with van der Waals surface area (Å²) < 4.78 is 31.6. The number of benzene rings is 2. The smallest absolute Gasteiger partial charge is 0.257 e. The van der Waals surface area contributed by atoms with E-state index in [0.29, 0.717) is 17.4 Å². The van der Waals surface area contributed by atoms with Gasteiger partial charge in [-0.05, 0) is 48.7 Å². The average molecular weight is 432 g/mol. The monoisotopic (exact) mass is 431 g/mol. The number of thioether (sulfide) groups is 1. The third-order valence-corrected chi connectivity index (χ3v) is 7.47. The summed E-state index contributed by atoms with van der Waals surface area (Å²) in [7, 11) is -0.486. The lowest BCUT2D eigenvalue weighted by Crippen LogP contribution is -2.36. The van der Waals surface area contributed by atoms with Gasteiger partial charge in [-0.15, -0.1) is 0 Å². The summed E-state index contributed by atoms with van der Waals surface area (Å²) in [6.45, 7) is 0.611. The normalized spacial score (nSPS) is 14.4. The molecule has 1 amide bonds. The van der Waals surface area contributed by atoms with Crippen LogP contribution < -0.4 is 4.90 Å². The largest absolute Gasteiger partial charge is 0.431 e. The van der Waals surface area contributed by atoms with Gasteiger partial charge < -0.3 is 9.32 Å². The summed E-state index contributed by atoms with van der Waals surface area (Å²) in [5.74, 6) is 0.144. The Morgan fingerprint density at radius 3 is 2.79 bits per heavy atom. The molecule has 2 heterocycles. The Kier molecular flexibility index (Phi) is 5.37. The molecule has 29 heavy (non-hydrogen) atoms. The van der Waals surface area contributed by atoms with Crippen molar-refractivity contribution in [3.05, 3.63) is 48.0 Å². The zero-order valence-corrected chi connectivity index (χ0v) is 17.8. The Balaban J connectivity index is 1.52. The lowest BCUT2D eigenvalue weighted by molar-refractivity contribution is -0.116. The molecule has 0 bridgehead atoms. The molecule has 3 aromatic rings. The molecule has 2 aromatic carbocycles. The van der Waals surface area contributed by atoms with Crippen LogP contribution in [-0.2, 0) is 21.2 Å². The number of carbonyl (C=O) groups excluding carboxylic acids is 1. The van der Waals surface area contributed by atoms with Gasteiger partial charge in [0.05, 0.1) is 10.6 Å². The van der Waals surface area contributed by atoms with Crippen LogP contribution in [0.2, 0.25) is 0 Å². The van der Waals surface area contributed by atoms with Gasteiger partial charge in [-0.25, -0.2) is 17.7 Å². The first-order valence-corrected chi connectivity index (χ1v) is 11.6. The van der Waals surface area contributed by atoms with Crippen LogP contribution in [0.3, 0.4) is 0 Å². The molecule has 0 fully saturated rings. The maximum absolute atomic E-state index is 12.8. The van der Waals surface area contributed by atoms with Crippen molar-refractivity contribution in [2.45, 2.75) is 23.0 Å². The highest BCUT2D eigenvalue weighted by molar-refractivity contribution is 7.99. The minimum absolute atomic E-state index is 0.0542. The second-order valence-electron chi connectivity index (χ2n) is 6.96. The minimum Gasteiger partial charge on any atom is -0.431 e. The second-order valence-corrected chi connectivity index (χ2v) is 10.0. The fourth-order valence-corrected chi connectivity index (χ4v) is 4.99. The highest BCUT2D eigenvalue weighted by Crippen LogP contribution is 2.31. The Bertz CT molecular complexity index is 1140. The van der Waals surface area contributed by atoms with Gasteiger partial charge >= 0.3 is 0 Å². The van der Waals surface area contributed by atoms with Crippen molar-refractivity contribution in [2.24, 2.45) is 0 Å². The maximum Gasteiger partial charge on any atom is 0.257 e. The van der Waals surface area contributed by atoms with E-state index in [1.54, 1.807) is 23.1 Å². The summed E-state index contributed by atoms with van der Waals surface area (Å²) >= 11 is 1.26. The van der Waals surface area contributed by atoms with Gasteiger partial charge in [0.25, 0.3) is 5.22 Å². The molecule has 0 N–H and O–H groups in total. The number of aromatic nitrogens is 1. The molecule has 0 saturated carbocycles. The first-order chi connectivity index (χ1) is 13.9. The van der Waals surface area contributed by atoms with E-state index in [2.05, 4.69) is 4.98 Å². The van der Waals surface area contributed by atoms with Crippen molar-refractivity contribution in [3.63, 3.8) is 0 Å². The zero-order valence-electron chi connectivity index (χ0n) is 16.2. The average Bonchev–Trinajstić information content (AvgIpc) is 3.14. The number of rotatable bonds is 5. The Labute approximate surface area is 173 Å². The van der Waals surface area contributed by atoms with Crippen LogP contribution >= 0.6 is 11.8 Å². The molecule has 0 radical (unpaired) electrons. The predicted octanol–water partition coefficient (Wildman–Crippen LogP) is 3.15. The third kappa shape index (κ3) is 3.90. The van der Waals surface area contributed by atoms with Gasteiger partial charge in [-0.1, -0.05) is 23.9 Å². The Morgan fingerprint density at radius 2 is 2.03 bits per heavy atom. The number of fused-ring (bicyclic) bond motifs is 2. The minimum atomic E-state index is -3.50. The summed E-state index contributed by atoms with van der Waals surface area (Å²) in [5, 5.41) is 0.462. The van der Waals surface area contributed by atoms with Crippen LogP contribution in [0.1, 0.15) is 12.0 Å². The highest BCUT2D eigenvalue weighted by Gasteiger charge is 2.26. The standard InChI is InChI=1S/C20H21N3O4S2/c1-22(2)29(25,26)15-9-10-17-14(12-15)6-5-11-23(17)19(24)13-28-20-21-16-7-3-4-8-18(16)27-20/h3-4,7-10,12H,5-6,11,13H2,1-2H3. The molecular formula is C20H21N3O4S2. The van der Waals surface area contributed by atoms with E-state index in [9.17, 15) is 13.2 Å². The molecule has 4 rings (SSSR count). The van der Waals surface area contributed by atoms with Gasteiger partial charge in [0.1, 0.15) is 5.52 Å². The van der Waals surface area contributed by atoms with E-state index >= 15 is 0 Å². The highest BCUT2D eigenvalue weighted by atomic mass is 32.2.